The average Bonchev–Trinajstić information content (AvgIpc) is 3.17. The Bertz CT molecular complexity index is 1120. The van der Waals surface area contributed by atoms with Crippen molar-refractivity contribution in [3.05, 3.63) is 36.9 Å². The quantitative estimate of drug-likeness (QED) is 0.220. The van der Waals surface area contributed by atoms with E-state index in [2.05, 4.69) is 20.3 Å². The lowest BCUT2D eigenvalue weighted by Gasteiger charge is -2.22. The van der Waals surface area contributed by atoms with Crippen molar-refractivity contribution < 1.29 is 23.6 Å². The van der Waals surface area contributed by atoms with Crippen molar-refractivity contribution in [2.24, 2.45) is 0 Å². The molecular weight excluding hydrogens is 459 g/mol. The van der Waals surface area contributed by atoms with Crippen LogP contribution in [-0.4, -0.2) is 49.8 Å². The third-order valence-electron chi connectivity index (χ3n) is 4.67. The van der Waals surface area contributed by atoms with E-state index in [0.717, 1.165) is 0 Å². The molecule has 0 aliphatic carbocycles. The van der Waals surface area contributed by atoms with Crippen LogP contribution in [0.4, 0.5) is 11.5 Å². The van der Waals surface area contributed by atoms with Crippen LogP contribution >= 0.6 is 8.46 Å². The van der Waals surface area contributed by atoms with Crippen LogP contribution in [0.15, 0.2) is 36.9 Å². The monoisotopic (exact) mass is 488 g/mol. The van der Waals surface area contributed by atoms with Gasteiger partial charge < -0.3 is 29.8 Å². The second-order valence-corrected chi connectivity index (χ2v) is 8.72. The molecule has 3 unspecified atom stereocenters. The Morgan fingerprint density at radius 3 is 2.68 bits per heavy atom. The topological polar surface area (TPSA) is 143 Å². The van der Waals surface area contributed by atoms with Gasteiger partial charge in [-0.15, -0.1) is 0 Å². The highest BCUT2D eigenvalue weighted by atomic mass is 31.1. The molecule has 0 saturated carbocycles. The molecule has 3 atom stereocenters. The number of carbonyl (C=O) groups is 1. The first-order chi connectivity index (χ1) is 16.3. The number of imidazole rings is 1. The van der Waals surface area contributed by atoms with E-state index < -0.39 is 6.03 Å². The Morgan fingerprint density at radius 2 is 1.94 bits per heavy atom. The van der Waals surface area contributed by atoms with E-state index in [4.69, 9.17) is 19.9 Å². The molecule has 182 valence electrons. The number of nitrogen functional groups attached to an aromatic ring is 1. The minimum absolute atomic E-state index is 0.170. The van der Waals surface area contributed by atoms with Crippen molar-refractivity contribution in [3.63, 3.8) is 0 Å². The fraction of sp³-hybridized carbons (Fsp3) is 0.455. The number of nitrogens with two attached hydrogens (primary N) is 1. The van der Waals surface area contributed by atoms with E-state index in [1.807, 2.05) is 26.0 Å². The zero-order chi connectivity index (χ0) is 24.7. The third-order valence-corrected chi connectivity index (χ3v) is 5.07. The lowest BCUT2D eigenvalue weighted by Crippen LogP contribution is -2.25. The number of fused-ring (bicyclic) bond motifs is 1. The van der Waals surface area contributed by atoms with Gasteiger partial charge in [0.2, 0.25) is 8.46 Å². The molecule has 1 aromatic carbocycles. The third kappa shape index (κ3) is 6.85. The Morgan fingerprint density at radius 1 is 1.18 bits per heavy atom. The number of ether oxygens (including phenoxy) is 3. The van der Waals surface area contributed by atoms with Gasteiger partial charge in [0, 0.05) is 6.04 Å². The lowest BCUT2D eigenvalue weighted by molar-refractivity contribution is -0.147. The maximum atomic E-state index is 11.9. The Labute approximate surface area is 199 Å². The molecule has 0 radical (unpaired) electrons. The van der Waals surface area contributed by atoms with Gasteiger partial charge in [-0.25, -0.2) is 15.0 Å². The molecule has 3 N–H and O–H groups in total. The predicted octanol–water partition coefficient (Wildman–Crippen LogP) is 3.61. The summed E-state index contributed by atoms with van der Waals surface area (Å²) in [6, 6.07) is 5.92. The molecule has 0 fully saturated rings. The maximum absolute atomic E-state index is 11.9. The van der Waals surface area contributed by atoms with Crippen LogP contribution in [0, 0.1) is 0 Å². The number of para-hydroxylation sites is 2. The molecule has 0 amide bonds. The van der Waals surface area contributed by atoms with Crippen molar-refractivity contribution in [2.45, 2.75) is 64.9 Å². The Hall–Kier alpha value is -3.30. The normalized spacial score (nSPS) is 14.1. The Kier molecular flexibility index (Phi) is 8.72. The average molecular weight is 488 g/mol. The number of benzene rings is 1. The summed E-state index contributed by atoms with van der Waals surface area (Å²) in [6.45, 7) is 7.69. The van der Waals surface area contributed by atoms with Crippen LogP contribution < -0.4 is 15.8 Å². The van der Waals surface area contributed by atoms with Crippen LogP contribution in [0.2, 0.25) is 0 Å². The fourth-order valence-corrected chi connectivity index (χ4v) is 3.71. The second kappa shape index (κ2) is 11.7. The largest absolute Gasteiger partial charge is 0.463 e. The lowest BCUT2D eigenvalue weighted by atomic mass is 10.2. The van der Waals surface area contributed by atoms with E-state index in [1.54, 1.807) is 36.9 Å². The summed E-state index contributed by atoms with van der Waals surface area (Å²) < 4.78 is 30.5. The SMILES string of the molecule is CC(CC(=O)OC(C)C)Nc1ccccc1OC(OC(C)Cn1cnc2c(N)ncnc21)P=O. The summed E-state index contributed by atoms with van der Waals surface area (Å²) in [5.74, 6) is 0.452. The predicted molar refractivity (Wildman–Crippen MR) is 128 cm³/mol. The number of carbonyl (C=O) groups excluding carboxylic acids is 1. The van der Waals surface area contributed by atoms with Gasteiger partial charge in [0.15, 0.2) is 11.5 Å². The summed E-state index contributed by atoms with van der Waals surface area (Å²) in [4.78, 5) is 24.3. The molecule has 11 nitrogen and oxygen atoms in total. The number of anilines is 2. The number of hydrogen-bond acceptors (Lipinski definition) is 10. The highest BCUT2D eigenvalue weighted by Crippen LogP contribution is 2.29. The van der Waals surface area contributed by atoms with Gasteiger partial charge >= 0.3 is 5.97 Å². The zero-order valence-electron chi connectivity index (χ0n) is 19.5. The second-order valence-electron chi connectivity index (χ2n) is 8.09. The molecule has 2 aromatic heterocycles. The number of nitrogens with zero attached hydrogens (tertiary/aromatic N) is 4. The van der Waals surface area contributed by atoms with Crippen LogP contribution in [0.3, 0.4) is 0 Å². The van der Waals surface area contributed by atoms with Crippen LogP contribution in [0.5, 0.6) is 5.75 Å². The van der Waals surface area contributed by atoms with Crippen molar-refractivity contribution >= 4 is 37.1 Å². The number of nitrogens with one attached hydrogen (secondary N) is 1. The molecule has 12 heteroatoms. The first-order valence-corrected chi connectivity index (χ1v) is 11.8. The minimum Gasteiger partial charge on any atom is -0.463 e. The minimum atomic E-state index is -1.05. The molecular formula is C22H29N6O5P. The smallest absolute Gasteiger partial charge is 0.308 e. The summed E-state index contributed by atoms with van der Waals surface area (Å²) in [5.41, 5.74) is 7.57. The van der Waals surface area contributed by atoms with E-state index in [9.17, 15) is 9.36 Å². The van der Waals surface area contributed by atoms with Crippen molar-refractivity contribution in [3.8, 4) is 5.75 Å². The summed E-state index contributed by atoms with van der Waals surface area (Å²) in [5, 5.41) is 3.23. The number of hydrogen-bond donors (Lipinski definition) is 2. The summed E-state index contributed by atoms with van der Waals surface area (Å²) in [6.07, 6.45) is 2.61. The molecule has 34 heavy (non-hydrogen) atoms. The van der Waals surface area contributed by atoms with E-state index >= 15 is 0 Å². The van der Waals surface area contributed by atoms with E-state index in [-0.39, 0.29) is 39.1 Å². The van der Waals surface area contributed by atoms with Gasteiger partial charge in [-0.05, 0) is 39.8 Å². The number of aromatic nitrogens is 4. The van der Waals surface area contributed by atoms with Crippen molar-refractivity contribution in [2.75, 3.05) is 11.1 Å². The molecule has 2 heterocycles. The van der Waals surface area contributed by atoms with Crippen LogP contribution in [-0.2, 0) is 25.4 Å². The fourth-order valence-electron chi connectivity index (χ4n) is 3.30. The van der Waals surface area contributed by atoms with Gasteiger partial charge in [-0.2, -0.15) is 0 Å². The van der Waals surface area contributed by atoms with E-state index in [1.165, 1.54) is 6.33 Å². The molecule has 0 bridgehead atoms. The first kappa shape index (κ1) is 25.3. The molecule has 3 aromatic rings. The zero-order valence-corrected chi connectivity index (χ0v) is 20.4. The highest BCUT2D eigenvalue weighted by molar-refractivity contribution is 7.24. The van der Waals surface area contributed by atoms with Crippen molar-refractivity contribution in [1.82, 2.24) is 19.5 Å². The van der Waals surface area contributed by atoms with E-state index in [0.29, 0.717) is 35.0 Å². The maximum Gasteiger partial charge on any atom is 0.308 e. The van der Waals surface area contributed by atoms with Gasteiger partial charge in [0.05, 0.1) is 37.2 Å². The first-order valence-electron chi connectivity index (χ1n) is 10.9. The van der Waals surface area contributed by atoms with Gasteiger partial charge in [0.25, 0.3) is 6.03 Å². The number of rotatable bonds is 12. The molecule has 0 aliphatic rings. The van der Waals surface area contributed by atoms with Gasteiger partial charge in [0.1, 0.15) is 17.6 Å². The molecule has 0 spiro atoms. The highest BCUT2D eigenvalue weighted by Gasteiger charge is 2.20. The summed E-state index contributed by atoms with van der Waals surface area (Å²) in [7, 11) is -0.338. The molecule has 3 rings (SSSR count). The standard InChI is InChI=1S/C22H29N6O5P/c1-13(2)31-18(29)9-14(3)27-16-7-5-6-8-17(16)33-22(34-30)32-15(4)10-28-12-26-19-20(23)24-11-25-21(19)28/h5-8,11-15,22,27H,9-10H2,1-4H3,(H2,23,24,25). The van der Waals surface area contributed by atoms with Gasteiger partial charge in [-0.3, -0.25) is 9.36 Å². The molecule has 0 saturated heterocycles. The molecule has 0 aliphatic heterocycles. The van der Waals surface area contributed by atoms with Crippen LogP contribution in [0.1, 0.15) is 34.1 Å². The van der Waals surface area contributed by atoms with Crippen molar-refractivity contribution in [1.29, 1.82) is 0 Å². The summed E-state index contributed by atoms with van der Waals surface area (Å²) >= 11 is 0. The van der Waals surface area contributed by atoms with Crippen LogP contribution in [0.25, 0.3) is 11.2 Å². The van der Waals surface area contributed by atoms with Gasteiger partial charge in [-0.1, -0.05) is 12.1 Å². The Balaban J connectivity index is 1.62. The number of esters is 1.